The van der Waals surface area contributed by atoms with Crippen LogP contribution >= 0.6 is 0 Å². The average Bonchev–Trinajstić information content (AvgIpc) is 2.72. The Morgan fingerprint density at radius 3 is 2.74 bits per heavy atom. The number of anilines is 1. The number of aliphatic hydroxyl groups excluding tert-OH is 1. The summed E-state index contributed by atoms with van der Waals surface area (Å²) in [5.41, 5.74) is 3.99. The molecule has 0 saturated heterocycles. The Balaban J connectivity index is 2.33. The highest BCUT2D eigenvalue weighted by Crippen LogP contribution is 2.39. The minimum Gasteiger partial charge on any atom is -0.388 e. The smallest absolute Gasteiger partial charge is 0.232 e. The van der Waals surface area contributed by atoms with Crippen molar-refractivity contribution in [2.75, 3.05) is 5.32 Å². The largest absolute Gasteiger partial charge is 0.388 e. The summed E-state index contributed by atoms with van der Waals surface area (Å²) in [4.78, 5) is 11.9. The molecule has 3 nitrogen and oxygen atoms in total. The van der Waals surface area contributed by atoms with E-state index >= 15 is 0 Å². The predicted molar refractivity (Wildman–Crippen MR) is 77.3 cm³/mol. The molecule has 0 aromatic heterocycles. The Kier molecular flexibility index (Phi) is 4.25. The van der Waals surface area contributed by atoms with Gasteiger partial charge in [-0.3, -0.25) is 4.79 Å². The number of hydrogen-bond donors (Lipinski definition) is 2. The second-order valence-corrected chi connectivity index (χ2v) is 5.41. The van der Waals surface area contributed by atoms with E-state index in [1.165, 1.54) is 0 Å². The van der Waals surface area contributed by atoms with Crippen molar-refractivity contribution in [3.8, 4) is 0 Å². The van der Waals surface area contributed by atoms with Crippen LogP contribution in [0.25, 0.3) is 0 Å². The Morgan fingerprint density at radius 1 is 1.37 bits per heavy atom. The Bertz CT molecular complexity index is 482. The number of nitrogens with one attached hydrogen (secondary N) is 1. The summed E-state index contributed by atoms with van der Waals surface area (Å²) in [6, 6.07) is 4.01. The van der Waals surface area contributed by atoms with Gasteiger partial charge in [-0.2, -0.15) is 0 Å². The van der Waals surface area contributed by atoms with Gasteiger partial charge in [0.25, 0.3) is 0 Å². The molecule has 3 heteroatoms. The van der Waals surface area contributed by atoms with Crippen LogP contribution in [0.4, 0.5) is 5.69 Å². The maximum Gasteiger partial charge on any atom is 0.232 e. The lowest BCUT2D eigenvalue weighted by atomic mass is 9.92. The van der Waals surface area contributed by atoms with E-state index in [1.54, 1.807) is 0 Å². The van der Waals surface area contributed by atoms with Gasteiger partial charge in [-0.05, 0) is 36.5 Å². The number of fused-ring (bicyclic) bond motifs is 1. The third kappa shape index (κ3) is 2.66. The number of hydrogen-bond acceptors (Lipinski definition) is 2. The summed E-state index contributed by atoms with van der Waals surface area (Å²) >= 11 is 0. The van der Waals surface area contributed by atoms with Crippen LogP contribution in [0, 0.1) is 6.92 Å². The van der Waals surface area contributed by atoms with Crippen molar-refractivity contribution < 1.29 is 9.90 Å². The SMILES string of the molecule is CCCCC(O)c1cc(C)c2c(c1)C(CC)C(=O)N2. The molecule has 104 valence electrons. The second kappa shape index (κ2) is 5.74. The van der Waals surface area contributed by atoms with Crippen LogP contribution in [0.3, 0.4) is 0 Å². The molecule has 19 heavy (non-hydrogen) atoms. The van der Waals surface area contributed by atoms with Gasteiger partial charge in [0.05, 0.1) is 12.0 Å². The zero-order valence-electron chi connectivity index (χ0n) is 12.0. The van der Waals surface area contributed by atoms with E-state index in [-0.39, 0.29) is 11.8 Å². The molecule has 2 unspecified atom stereocenters. The molecule has 1 aliphatic heterocycles. The molecule has 0 fully saturated rings. The van der Waals surface area contributed by atoms with Gasteiger partial charge in [0.2, 0.25) is 5.91 Å². The van der Waals surface area contributed by atoms with E-state index < -0.39 is 6.10 Å². The fraction of sp³-hybridized carbons (Fsp3) is 0.562. The molecule has 1 heterocycles. The van der Waals surface area contributed by atoms with Gasteiger partial charge in [-0.1, -0.05) is 38.8 Å². The molecule has 2 atom stereocenters. The van der Waals surface area contributed by atoms with Gasteiger partial charge in [0, 0.05) is 5.69 Å². The Labute approximate surface area is 115 Å². The molecule has 1 amide bonds. The highest BCUT2D eigenvalue weighted by atomic mass is 16.3. The standard InChI is InChI=1S/C16H23NO2/c1-4-6-7-14(18)11-8-10(3)15-13(9-11)12(5-2)16(19)17-15/h8-9,12,14,18H,4-7H2,1-3H3,(H,17,19). The summed E-state index contributed by atoms with van der Waals surface area (Å²) in [6.07, 6.45) is 3.27. The average molecular weight is 261 g/mol. The second-order valence-electron chi connectivity index (χ2n) is 5.41. The molecule has 0 radical (unpaired) electrons. The van der Waals surface area contributed by atoms with E-state index in [2.05, 4.69) is 12.2 Å². The summed E-state index contributed by atoms with van der Waals surface area (Å²) in [6.45, 7) is 6.14. The van der Waals surface area contributed by atoms with Crippen molar-refractivity contribution in [1.82, 2.24) is 0 Å². The van der Waals surface area contributed by atoms with E-state index in [0.717, 1.165) is 48.1 Å². The zero-order chi connectivity index (χ0) is 14.0. The lowest BCUT2D eigenvalue weighted by Gasteiger charge is -2.15. The molecule has 2 N–H and O–H groups in total. The summed E-state index contributed by atoms with van der Waals surface area (Å²) in [5.74, 6) is 0.0211. The van der Waals surface area contributed by atoms with Crippen molar-refractivity contribution in [2.24, 2.45) is 0 Å². The van der Waals surface area contributed by atoms with Crippen LogP contribution in [0.5, 0.6) is 0 Å². The first-order chi connectivity index (χ1) is 9.08. The van der Waals surface area contributed by atoms with Crippen molar-refractivity contribution >= 4 is 11.6 Å². The van der Waals surface area contributed by atoms with E-state index in [9.17, 15) is 9.90 Å². The van der Waals surface area contributed by atoms with Gasteiger partial charge >= 0.3 is 0 Å². The van der Waals surface area contributed by atoms with Crippen LogP contribution in [0.2, 0.25) is 0 Å². The molecule has 0 spiro atoms. The summed E-state index contributed by atoms with van der Waals surface area (Å²) in [7, 11) is 0. The van der Waals surface area contributed by atoms with Gasteiger partial charge in [0.1, 0.15) is 0 Å². The minimum absolute atomic E-state index is 0.0629. The van der Waals surface area contributed by atoms with Crippen molar-refractivity contribution in [1.29, 1.82) is 0 Å². The monoisotopic (exact) mass is 261 g/mol. The van der Waals surface area contributed by atoms with Crippen molar-refractivity contribution in [3.63, 3.8) is 0 Å². The number of benzene rings is 1. The fourth-order valence-electron chi connectivity index (χ4n) is 2.80. The third-order valence-corrected chi connectivity index (χ3v) is 3.95. The molecular weight excluding hydrogens is 238 g/mol. The van der Waals surface area contributed by atoms with Crippen LogP contribution in [0.15, 0.2) is 12.1 Å². The van der Waals surface area contributed by atoms with Crippen molar-refractivity contribution in [2.45, 2.75) is 58.5 Å². The summed E-state index contributed by atoms with van der Waals surface area (Å²) in [5, 5.41) is 13.2. The first kappa shape index (κ1) is 14.1. The van der Waals surface area contributed by atoms with Gasteiger partial charge in [-0.15, -0.1) is 0 Å². The number of amides is 1. The quantitative estimate of drug-likeness (QED) is 0.849. The number of carbonyl (C=O) groups is 1. The first-order valence-corrected chi connectivity index (χ1v) is 7.21. The number of aryl methyl sites for hydroxylation is 1. The number of aliphatic hydroxyl groups is 1. The number of unbranched alkanes of at least 4 members (excludes halogenated alkanes) is 1. The topological polar surface area (TPSA) is 49.3 Å². The van der Waals surface area contributed by atoms with E-state index in [4.69, 9.17) is 0 Å². The molecule has 1 aromatic rings. The predicted octanol–water partition coefficient (Wildman–Crippen LogP) is 3.66. The van der Waals surface area contributed by atoms with Crippen LogP contribution in [0.1, 0.15) is 68.2 Å². The van der Waals surface area contributed by atoms with Crippen LogP contribution in [-0.4, -0.2) is 11.0 Å². The van der Waals surface area contributed by atoms with Gasteiger partial charge < -0.3 is 10.4 Å². The van der Waals surface area contributed by atoms with Gasteiger partial charge in [-0.25, -0.2) is 0 Å². The highest BCUT2D eigenvalue weighted by molar-refractivity contribution is 6.03. The third-order valence-electron chi connectivity index (χ3n) is 3.95. The molecule has 1 aromatic carbocycles. The normalized spacial score (nSPS) is 19.2. The highest BCUT2D eigenvalue weighted by Gasteiger charge is 2.30. The molecule has 1 aliphatic rings. The first-order valence-electron chi connectivity index (χ1n) is 7.21. The molecule has 0 saturated carbocycles. The van der Waals surface area contributed by atoms with Crippen LogP contribution in [-0.2, 0) is 4.79 Å². The van der Waals surface area contributed by atoms with Crippen LogP contribution < -0.4 is 5.32 Å². The Hall–Kier alpha value is -1.35. The molecule has 0 bridgehead atoms. The lowest BCUT2D eigenvalue weighted by Crippen LogP contribution is -2.10. The van der Waals surface area contributed by atoms with Crippen molar-refractivity contribution in [3.05, 3.63) is 28.8 Å². The lowest BCUT2D eigenvalue weighted by molar-refractivity contribution is -0.117. The minimum atomic E-state index is -0.419. The van der Waals surface area contributed by atoms with E-state index in [1.807, 2.05) is 26.0 Å². The fourth-order valence-corrected chi connectivity index (χ4v) is 2.80. The Morgan fingerprint density at radius 2 is 2.11 bits per heavy atom. The zero-order valence-corrected chi connectivity index (χ0v) is 12.0. The molecular formula is C16H23NO2. The van der Waals surface area contributed by atoms with Gasteiger partial charge in [0.15, 0.2) is 0 Å². The molecule has 0 aliphatic carbocycles. The number of rotatable bonds is 5. The maximum atomic E-state index is 11.9. The van der Waals surface area contributed by atoms with E-state index in [0.29, 0.717) is 0 Å². The molecule has 2 rings (SSSR count). The maximum absolute atomic E-state index is 11.9. The number of carbonyl (C=O) groups excluding carboxylic acids is 1. The summed E-state index contributed by atoms with van der Waals surface area (Å²) < 4.78 is 0.